The molecule has 0 aromatic heterocycles. The van der Waals surface area contributed by atoms with Crippen LogP contribution in [0.1, 0.15) is 18.9 Å². The lowest BCUT2D eigenvalue weighted by Gasteiger charge is -2.26. The summed E-state index contributed by atoms with van der Waals surface area (Å²) in [6.45, 7) is 3.71. The summed E-state index contributed by atoms with van der Waals surface area (Å²) in [7, 11) is -6.88. The standard InChI is InChI=1S/C13H20N2O4S2/c1-3-15(12-4-5-20(16,17)9-12)21(18,19)13-7-10(2)6-11(14)8-13/h6-8,12H,3-5,9,14H2,1-2H3. The van der Waals surface area contributed by atoms with Gasteiger partial charge in [-0.2, -0.15) is 4.31 Å². The molecule has 2 N–H and O–H groups in total. The predicted molar refractivity (Wildman–Crippen MR) is 82.2 cm³/mol. The van der Waals surface area contributed by atoms with Gasteiger partial charge in [-0.3, -0.25) is 0 Å². The summed E-state index contributed by atoms with van der Waals surface area (Å²) < 4.78 is 49.9. The summed E-state index contributed by atoms with van der Waals surface area (Å²) in [5.41, 5.74) is 6.85. The van der Waals surface area contributed by atoms with Crippen molar-refractivity contribution in [2.45, 2.75) is 31.2 Å². The van der Waals surface area contributed by atoms with E-state index in [1.165, 1.54) is 10.4 Å². The molecule has 1 heterocycles. The van der Waals surface area contributed by atoms with Crippen molar-refractivity contribution in [3.8, 4) is 0 Å². The summed E-state index contributed by atoms with van der Waals surface area (Å²) in [5, 5.41) is 0. The first-order valence-corrected chi connectivity index (χ1v) is 10.0. The second kappa shape index (κ2) is 5.58. The lowest BCUT2D eigenvalue weighted by Crippen LogP contribution is -2.40. The summed E-state index contributed by atoms with van der Waals surface area (Å²) in [4.78, 5) is 0.117. The highest BCUT2D eigenvalue weighted by molar-refractivity contribution is 7.92. The van der Waals surface area contributed by atoms with Crippen LogP contribution in [-0.2, 0) is 19.9 Å². The number of aryl methyl sites for hydroxylation is 1. The fraction of sp³-hybridized carbons (Fsp3) is 0.538. The summed E-state index contributed by atoms with van der Waals surface area (Å²) in [5.74, 6) is -0.0684. The first-order valence-electron chi connectivity index (χ1n) is 6.75. The van der Waals surface area contributed by atoms with Crippen molar-refractivity contribution >= 4 is 25.5 Å². The van der Waals surface area contributed by atoms with Gasteiger partial charge >= 0.3 is 0 Å². The maximum Gasteiger partial charge on any atom is 0.243 e. The molecule has 8 heteroatoms. The number of nitrogen functional groups attached to an aromatic ring is 1. The first-order chi connectivity index (χ1) is 9.65. The number of nitrogens with two attached hydrogens (primary N) is 1. The molecule has 1 saturated heterocycles. The van der Waals surface area contributed by atoms with Gasteiger partial charge in [0.05, 0.1) is 16.4 Å². The minimum Gasteiger partial charge on any atom is -0.399 e. The minimum atomic E-state index is -3.74. The Bertz CT molecular complexity index is 721. The third-order valence-corrected chi connectivity index (χ3v) is 7.36. The third-order valence-electron chi connectivity index (χ3n) is 3.61. The molecule has 21 heavy (non-hydrogen) atoms. The van der Waals surface area contributed by atoms with Crippen molar-refractivity contribution in [3.63, 3.8) is 0 Å². The third kappa shape index (κ3) is 3.38. The van der Waals surface area contributed by atoms with Crippen LogP contribution in [0.5, 0.6) is 0 Å². The number of sulfone groups is 1. The molecule has 0 bridgehead atoms. The Morgan fingerprint density at radius 3 is 2.48 bits per heavy atom. The monoisotopic (exact) mass is 332 g/mol. The first kappa shape index (κ1) is 16.3. The van der Waals surface area contributed by atoms with Crippen LogP contribution in [0.2, 0.25) is 0 Å². The Morgan fingerprint density at radius 1 is 1.33 bits per heavy atom. The van der Waals surface area contributed by atoms with Crippen LogP contribution in [0.25, 0.3) is 0 Å². The molecule has 0 spiro atoms. The van der Waals surface area contributed by atoms with E-state index in [4.69, 9.17) is 5.73 Å². The number of anilines is 1. The second-order valence-electron chi connectivity index (χ2n) is 5.34. The van der Waals surface area contributed by atoms with Gasteiger partial charge in [0.1, 0.15) is 0 Å². The zero-order valence-corrected chi connectivity index (χ0v) is 13.7. The molecule has 118 valence electrons. The van der Waals surface area contributed by atoms with E-state index in [0.29, 0.717) is 12.1 Å². The van der Waals surface area contributed by atoms with Gasteiger partial charge in [-0.15, -0.1) is 0 Å². The fourth-order valence-corrected chi connectivity index (χ4v) is 6.32. The summed E-state index contributed by atoms with van der Waals surface area (Å²) in [6, 6.07) is 4.16. The molecule has 1 aliphatic rings. The van der Waals surface area contributed by atoms with E-state index < -0.39 is 25.9 Å². The number of benzene rings is 1. The predicted octanol–water partition coefficient (Wildman–Crippen LogP) is 0.775. The Labute approximate surface area is 125 Å². The molecule has 0 saturated carbocycles. The lowest BCUT2D eigenvalue weighted by molar-refractivity contribution is 0.354. The van der Waals surface area contributed by atoms with Gasteiger partial charge in [0.15, 0.2) is 9.84 Å². The Morgan fingerprint density at radius 2 is 2.00 bits per heavy atom. The number of hydrogen-bond donors (Lipinski definition) is 1. The van der Waals surface area contributed by atoms with E-state index in [0.717, 1.165) is 5.56 Å². The molecule has 6 nitrogen and oxygen atoms in total. The fourth-order valence-electron chi connectivity index (χ4n) is 2.69. The highest BCUT2D eigenvalue weighted by atomic mass is 32.2. The van der Waals surface area contributed by atoms with Gasteiger partial charge in [0, 0.05) is 18.3 Å². The van der Waals surface area contributed by atoms with Crippen LogP contribution >= 0.6 is 0 Å². The quantitative estimate of drug-likeness (QED) is 0.822. The molecule has 1 fully saturated rings. The van der Waals surface area contributed by atoms with Crippen LogP contribution in [0.15, 0.2) is 23.1 Å². The number of hydrogen-bond acceptors (Lipinski definition) is 5. The summed E-state index contributed by atoms with van der Waals surface area (Å²) in [6.07, 6.45) is 0.344. The topological polar surface area (TPSA) is 97.5 Å². The molecule has 0 radical (unpaired) electrons. The van der Waals surface area contributed by atoms with Crippen molar-refractivity contribution < 1.29 is 16.8 Å². The molecular weight excluding hydrogens is 312 g/mol. The molecular formula is C13H20N2O4S2. The van der Waals surface area contributed by atoms with Gasteiger partial charge in [0.25, 0.3) is 0 Å². The molecule has 0 aliphatic carbocycles. The Kier molecular flexibility index (Phi) is 4.32. The average molecular weight is 332 g/mol. The van der Waals surface area contributed by atoms with E-state index in [-0.39, 0.29) is 22.9 Å². The van der Waals surface area contributed by atoms with Gasteiger partial charge in [-0.05, 0) is 37.1 Å². The molecule has 1 aromatic rings. The highest BCUT2D eigenvalue weighted by Crippen LogP contribution is 2.26. The Hall–Kier alpha value is -1.12. The van der Waals surface area contributed by atoms with E-state index in [1.54, 1.807) is 26.0 Å². The van der Waals surface area contributed by atoms with Crippen LogP contribution < -0.4 is 5.73 Å². The smallest absolute Gasteiger partial charge is 0.243 e. The van der Waals surface area contributed by atoms with Crippen LogP contribution in [0.3, 0.4) is 0 Å². The van der Waals surface area contributed by atoms with Crippen LogP contribution in [-0.4, -0.2) is 45.2 Å². The second-order valence-corrected chi connectivity index (χ2v) is 9.46. The zero-order chi connectivity index (χ0) is 15.8. The average Bonchev–Trinajstić information content (AvgIpc) is 2.68. The lowest BCUT2D eigenvalue weighted by atomic mass is 10.2. The van der Waals surface area contributed by atoms with Crippen molar-refractivity contribution in [3.05, 3.63) is 23.8 Å². The van der Waals surface area contributed by atoms with Crippen molar-refractivity contribution in [1.82, 2.24) is 4.31 Å². The number of sulfonamides is 1. The van der Waals surface area contributed by atoms with E-state index in [9.17, 15) is 16.8 Å². The van der Waals surface area contributed by atoms with Crippen molar-refractivity contribution in [1.29, 1.82) is 0 Å². The molecule has 0 amide bonds. The van der Waals surface area contributed by atoms with Gasteiger partial charge in [-0.1, -0.05) is 6.92 Å². The summed E-state index contributed by atoms with van der Waals surface area (Å²) >= 11 is 0. The normalized spacial score (nSPS) is 21.8. The maximum absolute atomic E-state index is 12.7. The van der Waals surface area contributed by atoms with E-state index in [1.807, 2.05) is 0 Å². The van der Waals surface area contributed by atoms with E-state index in [2.05, 4.69) is 0 Å². The minimum absolute atomic E-state index is 0.0413. The van der Waals surface area contributed by atoms with Crippen molar-refractivity contribution in [2.75, 3.05) is 23.8 Å². The zero-order valence-electron chi connectivity index (χ0n) is 12.1. The SMILES string of the molecule is CCN(C1CCS(=O)(=O)C1)S(=O)(=O)c1cc(C)cc(N)c1. The largest absolute Gasteiger partial charge is 0.399 e. The number of nitrogens with zero attached hydrogens (tertiary/aromatic N) is 1. The molecule has 2 rings (SSSR count). The Balaban J connectivity index is 2.41. The highest BCUT2D eigenvalue weighted by Gasteiger charge is 2.37. The van der Waals surface area contributed by atoms with Crippen molar-refractivity contribution in [2.24, 2.45) is 0 Å². The van der Waals surface area contributed by atoms with Crippen LogP contribution in [0, 0.1) is 6.92 Å². The van der Waals surface area contributed by atoms with Gasteiger partial charge < -0.3 is 5.73 Å². The molecule has 1 aromatic carbocycles. The number of rotatable bonds is 4. The van der Waals surface area contributed by atoms with Crippen LogP contribution in [0.4, 0.5) is 5.69 Å². The molecule has 1 aliphatic heterocycles. The van der Waals surface area contributed by atoms with Gasteiger partial charge in [0.2, 0.25) is 10.0 Å². The van der Waals surface area contributed by atoms with E-state index >= 15 is 0 Å². The molecule has 1 atom stereocenters. The molecule has 1 unspecified atom stereocenters. The van der Waals surface area contributed by atoms with Gasteiger partial charge in [-0.25, -0.2) is 16.8 Å². The maximum atomic E-state index is 12.7.